The van der Waals surface area contributed by atoms with E-state index in [1.165, 1.54) is 0 Å². The third kappa shape index (κ3) is 2.29. The third-order valence-electron chi connectivity index (χ3n) is 2.05. The van der Waals surface area contributed by atoms with Crippen molar-refractivity contribution in [2.75, 3.05) is 5.73 Å². The van der Waals surface area contributed by atoms with Gasteiger partial charge in [-0.25, -0.2) is 4.98 Å². The number of hydrogen-bond donors (Lipinski definition) is 1. The van der Waals surface area contributed by atoms with E-state index < -0.39 is 0 Å². The van der Waals surface area contributed by atoms with Crippen molar-refractivity contribution >= 4 is 52.1 Å². The second-order valence-corrected chi connectivity index (χ2v) is 4.65. The smallest absolute Gasteiger partial charge is 0.150 e. The fourth-order valence-electron chi connectivity index (χ4n) is 1.25. The molecule has 0 fully saturated rings. The minimum atomic E-state index is 0.0605. The maximum atomic E-state index is 6.05. The first-order valence-electron chi connectivity index (χ1n) is 4.43. The fraction of sp³-hybridized carbons (Fsp3) is 0. The average Bonchev–Trinajstić information content (AvgIpc) is 2.32. The SMILES string of the molecule is Nc1c(Cl)c(Cl)nc(-c2ncccc2Cl)c1Cl. The highest BCUT2D eigenvalue weighted by molar-refractivity contribution is 6.46. The summed E-state index contributed by atoms with van der Waals surface area (Å²) in [5, 5.41) is 0.762. The van der Waals surface area contributed by atoms with Crippen molar-refractivity contribution in [3.8, 4) is 11.4 Å². The summed E-state index contributed by atoms with van der Waals surface area (Å²) in [5.41, 5.74) is 6.59. The fourth-order valence-corrected chi connectivity index (χ4v) is 2.06. The normalized spacial score (nSPS) is 10.6. The van der Waals surface area contributed by atoms with Gasteiger partial charge in [0.1, 0.15) is 16.4 Å². The van der Waals surface area contributed by atoms with Crippen LogP contribution in [-0.2, 0) is 0 Å². The Hall–Kier alpha value is -0.740. The molecule has 88 valence electrons. The van der Waals surface area contributed by atoms with Gasteiger partial charge in [-0.1, -0.05) is 46.4 Å². The van der Waals surface area contributed by atoms with Gasteiger partial charge in [0.25, 0.3) is 0 Å². The van der Waals surface area contributed by atoms with E-state index >= 15 is 0 Å². The van der Waals surface area contributed by atoms with Crippen LogP contribution in [0.15, 0.2) is 18.3 Å². The molecule has 2 aromatic rings. The predicted octanol–water partition coefficient (Wildman–Crippen LogP) is 4.34. The molecule has 0 aromatic carbocycles. The zero-order valence-corrected chi connectivity index (χ0v) is 11.2. The summed E-state index contributed by atoms with van der Waals surface area (Å²) in [6.07, 6.45) is 1.57. The lowest BCUT2D eigenvalue weighted by Gasteiger charge is -2.09. The minimum Gasteiger partial charge on any atom is -0.396 e. The van der Waals surface area contributed by atoms with Crippen molar-refractivity contribution in [2.45, 2.75) is 0 Å². The molecule has 0 saturated heterocycles. The van der Waals surface area contributed by atoms with E-state index in [2.05, 4.69) is 9.97 Å². The Morgan fingerprint density at radius 3 is 2.35 bits per heavy atom. The first-order valence-corrected chi connectivity index (χ1v) is 5.94. The summed E-state index contributed by atoms with van der Waals surface area (Å²) in [6, 6.07) is 3.36. The van der Waals surface area contributed by atoms with Crippen molar-refractivity contribution in [1.29, 1.82) is 0 Å². The number of halogens is 4. The lowest BCUT2D eigenvalue weighted by molar-refractivity contribution is 1.25. The van der Waals surface area contributed by atoms with Crippen molar-refractivity contribution in [3.05, 3.63) is 38.6 Å². The van der Waals surface area contributed by atoms with E-state index in [-0.39, 0.29) is 20.9 Å². The molecule has 3 nitrogen and oxygen atoms in total. The number of aromatic nitrogens is 2. The highest BCUT2D eigenvalue weighted by Crippen LogP contribution is 2.39. The number of nitrogen functional groups attached to an aromatic ring is 1. The standard InChI is InChI=1S/C10H5Cl4N3/c11-4-2-1-3-16-8(4)9-5(12)7(15)6(13)10(14)17-9/h1-3H,(H2,15,17). The van der Waals surface area contributed by atoms with Crippen molar-refractivity contribution < 1.29 is 0 Å². The number of pyridine rings is 2. The zero-order valence-electron chi connectivity index (χ0n) is 8.22. The Kier molecular flexibility index (Phi) is 3.64. The molecule has 0 amide bonds. The Morgan fingerprint density at radius 2 is 1.71 bits per heavy atom. The van der Waals surface area contributed by atoms with Gasteiger partial charge in [-0.2, -0.15) is 0 Å². The summed E-state index contributed by atoms with van der Waals surface area (Å²) in [6.45, 7) is 0. The Labute approximate surface area is 117 Å². The monoisotopic (exact) mass is 307 g/mol. The largest absolute Gasteiger partial charge is 0.396 e. The van der Waals surface area contributed by atoms with Crippen LogP contribution in [0, 0.1) is 0 Å². The van der Waals surface area contributed by atoms with E-state index in [1.807, 2.05) is 0 Å². The number of anilines is 1. The topological polar surface area (TPSA) is 51.8 Å². The molecule has 0 aliphatic heterocycles. The maximum Gasteiger partial charge on any atom is 0.150 e. The van der Waals surface area contributed by atoms with E-state index in [1.54, 1.807) is 18.3 Å². The molecule has 2 rings (SSSR count). The third-order valence-corrected chi connectivity index (χ3v) is 3.50. The molecular formula is C10H5Cl4N3. The quantitative estimate of drug-likeness (QED) is 0.797. The van der Waals surface area contributed by atoms with E-state index in [0.717, 1.165) is 0 Å². The second-order valence-electron chi connectivity index (χ2n) is 3.13. The first-order chi connectivity index (χ1) is 8.02. The van der Waals surface area contributed by atoms with Crippen LogP contribution >= 0.6 is 46.4 Å². The highest BCUT2D eigenvalue weighted by Gasteiger charge is 2.17. The molecule has 0 radical (unpaired) electrons. The summed E-state index contributed by atoms with van der Waals surface area (Å²) in [4.78, 5) is 8.12. The number of hydrogen-bond acceptors (Lipinski definition) is 3. The van der Waals surface area contributed by atoms with Crippen LogP contribution in [-0.4, -0.2) is 9.97 Å². The summed E-state index contributed by atoms with van der Waals surface area (Å²) < 4.78 is 0. The average molecular weight is 309 g/mol. The summed E-state index contributed by atoms with van der Waals surface area (Å²) in [5.74, 6) is 0. The van der Waals surface area contributed by atoms with Crippen LogP contribution in [0.2, 0.25) is 20.2 Å². The Bertz CT molecular complexity index is 586. The minimum absolute atomic E-state index is 0.0605. The molecule has 2 aromatic heterocycles. The van der Waals surface area contributed by atoms with Gasteiger partial charge in [0.2, 0.25) is 0 Å². The Morgan fingerprint density at radius 1 is 1.00 bits per heavy atom. The Balaban J connectivity index is 2.73. The first kappa shape index (κ1) is 12.7. The molecule has 0 atom stereocenters. The van der Waals surface area contributed by atoms with Gasteiger partial charge in [0.05, 0.1) is 15.7 Å². The van der Waals surface area contributed by atoms with Gasteiger partial charge in [-0.15, -0.1) is 0 Å². The maximum absolute atomic E-state index is 6.05. The highest BCUT2D eigenvalue weighted by atomic mass is 35.5. The van der Waals surface area contributed by atoms with Gasteiger partial charge >= 0.3 is 0 Å². The van der Waals surface area contributed by atoms with Gasteiger partial charge in [-0.3, -0.25) is 4.98 Å². The summed E-state index contributed by atoms with van der Waals surface area (Å²) >= 11 is 23.7. The van der Waals surface area contributed by atoms with Crippen LogP contribution in [0.3, 0.4) is 0 Å². The van der Waals surface area contributed by atoms with Gasteiger partial charge in [0, 0.05) is 6.20 Å². The van der Waals surface area contributed by atoms with Crippen LogP contribution in [0.25, 0.3) is 11.4 Å². The molecule has 2 N–H and O–H groups in total. The zero-order chi connectivity index (χ0) is 12.6. The molecule has 0 aliphatic rings. The van der Waals surface area contributed by atoms with Gasteiger partial charge in [0.15, 0.2) is 5.15 Å². The molecule has 0 saturated carbocycles. The number of nitrogens with two attached hydrogens (primary N) is 1. The lowest BCUT2D eigenvalue weighted by Crippen LogP contribution is -1.97. The van der Waals surface area contributed by atoms with Crippen LogP contribution < -0.4 is 5.73 Å². The molecular weight excluding hydrogens is 304 g/mol. The van der Waals surface area contributed by atoms with Gasteiger partial charge in [-0.05, 0) is 12.1 Å². The van der Waals surface area contributed by atoms with Gasteiger partial charge < -0.3 is 5.73 Å². The predicted molar refractivity (Wildman–Crippen MR) is 71.9 cm³/mol. The van der Waals surface area contributed by atoms with Crippen molar-refractivity contribution in [2.24, 2.45) is 0 Å². The van der Waals surface area contributed by atoms with Crippen LogP contribution in [0.4, 0.5) is 5.69 Å². The van der Waals surface area contributed by atoms with E-state index in [4.69, 9.17) is 52.1 Å². The molecule has 2 heterocycles. The number of rotatable bonds is 1. The molecule has 7 heteroatoms. The lowest BCUT2D eigenvalue weighted by atomic mass is 10.2. The van der Waals surface area contributed by atoms with Crippen LogP contribution in [0.5, 0.6) is 0 Å². The molecule has 0 spiro atoms. The number of nitrogens with zero attached hydrogens (tertiary/aromatic N) is 2. The van der Waals surface area contributed by atoms with Crippen molar-refractivity contribution in [1.82, 2.24) is 9.97 Å². The molecule has 0 unspecified atom stereocenters. The van der Waals surface area contributed by atoms with E-state index in [0.29, 0.717) is 16.4 Å². The molecule has 17 heavy (non-hydrogen) atoms. The second kappa shape index (κ2) is 4.86. The summed E-state index contributed by atoms with van der Waals surface area (Å²) in [7, 11) is 0. The molecule has 0 bridgehead atoms. The van der Waals surface area contributed by atoms with Crippen molar-refractivity contribution in [3.63, 3.8) is 0 Å². The molecule has 0 aliphatic carbocycles. The van der Waals surface area contributed by atoms with E-state index in [9.17, 15) is 0 Å². The van der Waals surface area contributed by atoms with Crippen LogP contribution in [0.1, 0.15) is 0 Å².